The number of benzene rings is 1. The van der Waals surface area contributed by atoms with Gasteiger partial charge in [-0.3, -0.25) is 14.3 Å². The van der Waals surface area contributed by atoms with Crippen molar-refractivity contribution in [2.75, 3.05) is 11.1 Å². The molecule has 2 amide bonds. The molecule has 1 heterocycles. The van der Waals surface area contributed by atoms with Gasteiger partial charge in [-0.05, 0) is 49.9 Å². The number of aryl methyl sites for hydroxylation is 2. The first kappa shape index (κ1) is 20.5. The van der Waals surface area contributed by atoms with E-state index >= 15 is 0 Å². The van der Waals surface area contributed by atoms with Crippen LogP contribution in [0.5, 0.6) is 0 Å². The van der Waals surface area contributed by atoms with Crippen molar-refractivity contribution >= 4 is 29.3 Å². The Balaban J connectivity index is 1.39. The average Bonchev–Trinajstić information content (AvgIpc) is 3.30. The fraction of sp³-hybridized carbons (Fsp3) is 0.476. The quantitative estimate of drug-likeness (QED) is 0.663. The molecular formula is C21H28N4O2S. The van der Waals surface area contributed by atoms with Crippen LogP contribution in [0.4, 0.5) is 5.69 Å². The van der Waals surface area contributed by atoms with Crippen LogP contribution < -0.4 is 10.6 Å². The number of hydrogen-bond donors (Lipinski definition) is 2. The predicted molar refractivity (Wildman–Crippen MR) is 113 cm³/mol. The summed E-state index contributed by atoms with van der Waals surface area (Å²) in [5.41, 5.74) is 3.16. The van der Waals surface area contributed by atoms with Crippen molar-refractivity contribution < 1.29 is 9.59 Å². The molecule has 150 valence electrons. The maximum Gasteiger partial charge on any atom is 0.241 e. The highest BCUT2D eigenvalue weighted by Gasteiger charge is 2.17. The molecule has 2 N–H and O–H groups in total. The maximum atomic E-state index is 12.1. The van der Waals surface area contributed by atoms with Crippen molar-refractivity contribution in [1.82, 2.24) is 15.1 Å². The topological polar surface area (TPSA) is 76.0 Å². The van der Waals surface area contributed by atoms with Crippen LogP contribution in [0.2, 0.25) is 0 Å². The Kier molecular flexibility index (Phi) is 7.14. The van der Waals surface area contributed by atoms with Gasteiger partial charge in [-0.15, -0.1) is 11.8 Å². The minimum atomic E-state index is -0.0497. The zero-order valence-corrected chi connectivity index (χ0v) is 17.3. The van der Waals surface area contributed by atoms with Gasteiger partial charge in [-0.1, -0.05) is 18.9 Å². The lowest BCUT2D eigenvalue weighted by Crippen LogP contribution is -2.35. The number of amides is 2. The lowest BCUT2D eigenvalue weighted by atomic mass is 10.1. The van der Waals surface area contributed by atoms with Gasteiger partial charge in [0.2, 0.25) is 11.8 Å². The van der Waals surface area contributed by atoms with Gasteiger partial charge in [0.1, 0.15) is 6.54 Å². The number of nitrogens with zero attached hydrogens (tertiary/aromatic N) is 2. The molecule has 0 aliphatic heterocycles. The highest BCUT2D eigenvalue weighted by atomic mass is 32.2. The molecule has 7 heteroatoms. The molecular weight excluding hydrogens is 372 g/mol. The fourth-order valence-corrected chi connectivity index (χ4v) is 4.24. The Morgan fingerprint density at radius 3 is 2.71 bits per heavy atom. The van der Waals surface area contributed by atoms with E-state index in [4.69, 9.17) is 0 Å². The van der Waals surface area contributed by atoms with Gasteiger partial charge in [-0.25, -0.2) is 0 Å². The lowest BCUT2D eigenvalue weighted by Gasteiger charge is -2.11. The van der Waals surface area contributed by atoms with Gasteiger partial charge in [0.05, 0.1) is 11.9 Å². The smallest absolute Gasteiger partial charge is 0.241 e. The third-order valence-electron chi connectivity index (χ3n) is 5.02. The Bertz CT molecular complexity index is 828. The first-order valence-electron chi connectivity index (χ1n) is 9.81. The molecule has 0 saturated heterocycles. The Morgan fingerprint density at radius 2 is 1.96 bits per heavy atom. The summed E-state index contributed by atoms with van der Waals surface area (Å²) >= 11 is 1.68. The summed E-state index contributed by atoms with van der Waals surface area (Å²) in [5.74, 6) is 0.635. The van der Waals surface area contributed by atoms with Gasteiger partial charge in [0.15, 0.2) is 0 Å². The number of carbonyl (C=O) groups excluding carboxylic acids is 2. The summed E-state index contributed by atoms with van der Waals surface area (Å²) in [6, 6.07) is 6.65. The molecule has 1 aromatic carbocycles. The van der Waals surface area contributed by atoms with Gasteiger partial charge in [-0.2, -0.15) is 5.10 Å². The van der Waals surface area contributed by atoms with Crippen LogP contribution in [0.25, 0.3) is 0 Å². The van der Waals surface area contributed by atoms with Crippen LogP contribution in [0.15, 0.2) is 35.5 Å². The Hall–Kier alpha value is -2.28. The van der Waals surface area contributed by atoms with E-state index in [9.17, 15) is 9.59 Å². The molecule has 28 heavy (non-hydrogen) atoms. The molecule has 1 saturated carbocycles. The highest BCUT2D eigenvalue weighted by molar-refractivity contribution is 7.99. The highest BCUT2D eigenvalue weighted by Crippen LogP contribution is 2.22. The van der Waals surface area contributed by atoms with Crippen LogP contribution in [0.3, 0.4) is 0 Å². The second-order valence-corrected chi connectivity index (χ2v) is 8.54. The standard InChI is InChI=1S/C21H28N4O2S/c1-15-7-8-19(11-16(15)2)28-10-9-20(26)24-18-12-22-25(13-18)14-21(27)23-17-5-3-4-6-17/h7-8,11-13,17H,3-6,9-10,14H2,1-2H3,(H,23,27)(H,24,26). The Morgan fingerprint density at radius 1 is 1.18 bits per heavy atom. The molecule has 3 rings (SSSR count). The first-order valence-corrected chi connectivity index (χ1v) is 10.8. The van der Waals surface area contributed by atoms with Crippen molar-refractivity contribution in [3.63, 3.8) is 0 Å². The van der Waals surface area contributed by atoms with Crippen LogP contribution in [-0.4, -0.2) is 33.4 Å². The van der Waals surface area contributed by atoms with E-state index in [1.807, 2.05) is 0 Å². The molecule has 0 unspecified atom stereocenters. The molecule has 6 nitrogen and oxygen atoms in total. The van der Waals surface area contributed by atoms with Crippen LogP contribution in [-0.2, 0) is 16.1 Å². The van der Waals surface area contributed by atoms with E-state index < -0.39 is 0 Å². The van der Waals surface area contributed by atoms with Crippen molar-refractivity contribution in [1.29, 1.82) is 0 Å². The molecule has 0 spiro atoms. The number of carbonyl (C=O) groups is 2. The molecule has 1 fully saturated rings. The van der Waals surface area contributed by atoms with E-state index in [1.165, 1.54) is 28.9 Å². The van der Waals surface area contributed by atoms with E-state index in [0.29, 0.717) is 23.9 Å². The monoisotopic (exact) mass is 400 g/mol. The third kappa shape index (κ3) is 6.12. The molecule has 2 aromatic rings. The van der Waals surface area contributed by atoms with Crippen molar-refractivity contribution in [2.45, 2.75) is 63.4 Å². The summed E-state index contributed by atoms with van der Waals surface area (Å²) in [5, 5.41) is 10.1. The molecule has 0 bridgehead atoms. The molecule has 1 aliphatic carbocycles. The van der Waals surface area contributed by atoms with E-state index in [2.05, 4.69) is 47.8 Å². The predicted octanol–water partition coefficient (Wildman–Crippen LogP) is 3.68. The summed E-state index contributed by atoms with van der Waals surface area (Å²) in [6.07, 6.45) is 8.19. The second-order valence-electron chi connectivity index (χ2n) is 7.37. The van der Waals surface area contributed by atoms with E-state index in [1.54, 1.807) is 28.8 Å². The van der Waals surface area contributed by atoms with Gasteiger partial charge in [0.25, 0.3) is 0 Å². The number of nitrogens with one attached hydrogen (secondary N) is 2. The lowest BCUT2D eigenvalue weighted by molar-refractivity contribution is -0.122. The van der Waals surface area contributed by atoms with Crippen molar-refractivity contribution in [2.24, 2.45) is 0 Å². The number of anilines is 1. The zero-order valence-electron chi connectivity index (χ0n) is 16.5. The summed E-state index contributed by atoms with van der Waals surface area (Å²) in [4.78, 5) is 25.4. The second kappa shape index (κ2) is 9.78. The third-order valence-corrected chi connectivity index (χ3v) is 6.01. The number of rotatable bonds is 8. The largest absolute Gasteiger partial charge is 0.352 e. The molecule has 0 radical (unpaired) electrons. The minimum absolute atomic E-state index is 0.0299. The molecule has 1 aromatic heterocycles. The zero-order chi connectivity index (χ0) is 19.9. The SMILES string of the molecule is Cc1ccc(SCCC(=O)Nc2cnn(CC(=O)NC3CCCC3)c2)cc1C. The summed E-state index contributed by atoms with van der Waals surface area (Å²) in [7, 11) is 0. The van der Waals surface area contributed by atoms with Crippen molar-refractivity contribution in [3.05, 3.63) is 41.7 Å². The summed E-state index contributed by atoms with van der Waals surface area (Å²) < 4.78 is 1.56. The maximum absolute atomic E-state index is 12.1. The first-order chi connectivity index (χ1) is 13.5. The van der Waals surface area contributed by atoms with E-state index in [-0.39, 0.29) is 18.4 Å². The number of aromatic nitrogens is 2. The van der Waals surface area contributed by atoms with Crippen LogP contribution in [0, 0.1) is 13.8 Å². The molecule has 1 aliphatic rings. The normalized spacial score (nSPS) is 14.2. The van der Waals surface area contributed by atoms with Crippen molar-refractivity contribution in [3.8, 4) is 0 Å². The van der Waals surface area contributed by atoms with Gasteiger partial charge >= 0.3 is 0 Å². The molecule has 0 atom stereocenters. The fourth-order valence-electron chi connectivity index (χ4n) is 3.29. The van der Waals surface area contributed by atoms with Crippen LogP contribution in [0.1, 0.15) is 43.2 Å². The Labute approximate surface area is 170 Å². The van der Waals surface area contributed by atoms with E-state index in [0.717, 1.165) is 12.8 Å². The number of thioether (sulfide) groups is 1. The summed E-state index contributed by atoms with van der Waals surface area (Å²) in [6.45, 7) is 4.36. The van der Waals surface area contributed by atoms with Crippen LogP contribution >= 0.6 is 11.8 Å². The minimum Gasteiger partial charge on any atom is -0.352 e. The van der Waals surface area contributed by atoms with Gasteiger partial charge in [0, 0.05) is 29.3 Å². The van der Waals surface area contributed by atoms with Gasteiger partial charge < -0.3 is 10.6 Å². The number of hydrogen-bond acceptors (Lipinski definition) is 4. The average molecular weight is 401 g/mol.